The topological polar surface area (TPSA) is 36.9 Å². The Labute approximate surface area is 164 Å². The lowest BCUT2D eigenvalue weighted by Gasteiger charge is -2.40. The van der Waals surface area contributed by atoms with E-state index in [1.165, 1.54) is 17.7 Å². The van der Waals surface area contributed by atoms with Gasteiger partial charge in [-0.2, -0.15) is 0 Å². The number of hydrogen-bond acceptors (Lipinski definition) is 4. The molecule has 28 heavy (non-hydrogen) atoms. The second-order valence-corrected chi connectivity index (χ2v) is 7.43. The molecule has 2 heterocycles. The van der Waals surface area contributed by atoms with E-state index in [2.05, 4.69) is 25.9 Å². The van der Waals surface area contributed by atoms with E-state index < -0.39 is 0 Å². The van der Waals surface area contributed by atoms with E-state index in [4.69, 9.17) is 18.9 Å². The van der Waals surface area contributed by atoms with Crippen molar-refractivity contribution in [2.24, 2.45) is 0 Å². The zero-order valence-electron chi connectivity index (χ0n) is 16.3. The maximum Gasteiger partial charge on any atom is 0.231 e. The summed E-state index contributed by atoms with van der Waals surface area (Å²) in [7, 11) is 5.97. The highest BCUT2D eigenvalue weighted by Gasteiger charge is 2.40. The van der Waals surface area contributed by atoms with Crippen LogP contribution < -0.4 is 18.9 Å². The summed E-state index contributed by atoms with van der Waals surface area (Å²) in [5.41, 5.74) is 2.23. The first-order valence-corrected chi connectivity index (χ1v) is 9.18. The number of fused-ring (bicyclic) bond motifs is 2. The number of rotatable bonds is 3. The Morgan fingerprint density at radius 3 is 2.75 bits per heavy atom. The van der Waals surface area contributed by atoms with Gasteiger partial charge in [0.1, 0.15) is 18.2 Å². The molecule has 2 aromatic carbocycles. The van der Waals surface area contributed by atoms with Gasteiger partial charge in [-0.1, -0.05) is 5.92 Å². The first-order valence-electron chi connectivity index (χ1n) is 9.18. The van der Waals surface area contributed by atoms with Crippen LogP contribution in [0, 0.1) is 17.7 Å². The number of benzene rings is 2. The van der Waals surface area contributed by atoms with Crippen LogP contribution in [0.4, 0.5) is 4.39 Å². The van der Waals surface area contributed by atoms with Gasteiger partial charge in [-0.25, -0.2) is 4.39 Å². The summed E-state index contributed by atoms with van der Waals surface area (Å²) in [4.78, 5) is 0. The monoisotopic (exact) mass is 384 g/mol. The normalized spacial score (nSPS) is 18.6. The molecule has 1 atom stereocenters. The summed E-state index contributed by atoms with van der Waals surface area (Å²) in [5.74, 6) is 8.87. The molecule has 2 aromatic rings. The van der Waals surface area contributed by atoms with Crippen LogP contribution in [0.2, 0.25) is 0 Å². The molecule has 6 heteroatoms. The van der Waals surface area contributed by atoms with E-state index in [-0.39, 0.29) is 25.3 Å². The molecule has 0 aliphatic carbocycles. The Morgan fingerprint density at radius 2 is 2.00 bits per heavy atom. The summed E-state index contributed by atoms with van der Waals surface area (Å²) < 4.78 is 36.2. The van der Waals surface area contributed by atoms with Crippen molar-refractivity contribution in [2.75, 3.05) is 41.1 Å². The average Bonchev–Trinajstić information content (AvgIpc) is 3.14. The first kappa shape index (κ1) is 18.5. The van der Waals surface area contributed by atoms with Gasteiger partial charge in [-0.15, -0.1) is 0 Å². The summed E-state index contributed by atoms with van der Waals surface area (Å²) in [6.07, 6.45) is 0.916. The van der Waals surface area contributed by atoms with Crippen LogP contribution in [0.1, 0.15) is 17.2 Å². The van der Waals surface area contributed by atoms with Crippen molar-refractivity contribution in [1.29, 1.82) is 0 Å². The van der Waals surface area contributed by atoms with Crippen molar-refractivity contribution >= 4 is 0 Å². The van der Waals surface area contributed by atoms with Gasteiger partial charge in [0.2, 0.25) is 12.5 Å². The molecule has 0 aromatic heterocycles. The molecule has 5 nitrogen and oxygen atoms in total. The van der Waals surface area contributed by atoms with Gasteiger partial charge < -0.3 is 23.4 Å². The highest BCUT2D eigenvalue weighted by Crippen LogP contribution is 2.50. The number of hydrogen-bond donors (Lipinski definition) is 0. The number of quaternary nitrogens is 1. The third kappa shape index (κ3) is 3.34. The minimum atomic E-state index is -0.290. The molecule has 0 bridgehead atoms. The Bertz CT molecular complexity index is 944. The van der Waals surface area contributed by atoms with Gasteiger partial charge >= 0.3 is 0 Å². The minimum absolute atomic E-state index is 0.0787. The second-order valence-electron chi connectivity index (χ2n) is 7.43. The van der Waals surface area contributed by atoms with E-state index in [0.29, 0.717) is 21.7 Å². The predicted molar refractivity (Wildman–Crippen MR) is 102 cm³/mol. The average molecular weight is 384 g/mol. The zero-order valence-corrected chi connectivity index (χ0v) is 16.3. The summed E-state index contributed by atoms with van der Waals surface area (Å²) in [6.45, 7) is 1.38. The van der Waals surface area contributed by atoms with Crippen molar-refractivity contribution < 1.29 is 27.8 Å². The van der Waals surface area contributed by atoms with Crippen LogP contribution in [-0.2, 0) is 6.42 Å². The van der Waals surface area contributed by atoms with Crippen molar-refractivity contribution in [3.05, 3.63) is 47.3 Å². The van der Waals surface area contributed by atoms with Crippen molar-refractivity contribution in [3.8, 4) is 34.8 Å². The van der Waals surface area contributed by atoms with Gasteiger partial charge in [0.25, 0.3) is 0 Å². The molecule has 2 aliphatic heterocycles. The third-order valence-electron chi connectivity index (χ3n) is 5.24. The molecule has 0 saturated carbocycles. The van der Waals surface area contributed by atoms with E-state index in [1.54, 1.807) is 19.2 Å². The number of methoxy groups -OCH3 is 1. The molecular formula is C22H23FNO4+. The Kier molecular flexibility index (Phi) is 4.78. The fraction of sp³-hybridized carbons (Fsp3) is 0.364. The highest BCUT2D eigenvalue weighted by atomic mass is 19.1. The van der Waals surface area contributed by atoms with E-state index in [1.807, 2.05) is 6.07 Å². The fourth-order valence-corrected chi connectivity index (χ4v) is 3.71. The van der Waals surface area contributed by atoms with Crippen LogP contribution in [-0.4, -0.2) is 45.6 Å². The third-order valence-corrected chi connectivity index (χ3v) is 5.24. The smallest absolute Gasteiger partial charge is 0.231 e. The number of nitrogens with zero attached hydrogens (tertiary/aromatic N) is 1. The minimum Gasteiger partial charge on any atom is -0.492 e. The highest BCUT2D eigenvalue weighted by molar-refractivity contribution is 5.62. The maximum atomic E-state index is 13.0. The molecule has 146 valence electrons. The quantitative estimate of drug-likeness (QED) is 0.601. The Morgan fingerprint density at radius 1 is 1.21 bits per heavy atom. The maximum absolute atomic E-state index is 13.0. The van der Waals surface area contributed by atoms with Gasteiger partial charge in [0, 0.05) is 6.42 Å². The largest absolute Gasteiger partial charge is 0.492 e. The zero-order chi connectivity index (χ0) is 19.7. The lowest BCUT2D eigenvalue weighted by molar-refractivity contribution is -0.914. The van der Waals surface area contributed by atoms with Gasteiger partial charge in [-0.05, 0) is 41.8 Å². The van der Waals surface area contributed by atoms with Crippen LogP contribution in [0.15, 0.2) is 30.3 Å². The van der Waals surface area contributed by atoms with Crippen LogP contribution in [0.5, 0.6) is 23.0 Å². The van der Waals surface area contributed by atoms with Crippen molar-refractivity contribution in [2.45, 2.75) is 12.5 Å². The number of likely N-dealkylation sites (N-methyl/N-ethyl adjacent to an activating group) is 1. The molecule has 0 radical (unpaired) electrons. The number of halogens is 1. The van der Waals surface area contributed by atoms with Gasteiger partial charge in [0.15, 0.2) is 17.5 Å². The molecule has 0 unspecified atom stereocenters. The lowest BCUT2D eigenvalue weighted by atomic mass is 9.89. The van der Waals surface area contributed by atoms with Crippen LogP contribution >= 0.6 is 0 Å². The van der Waals surface area contributed by atoms with Crippen molar-refractivity contribution in [1.82, 2.24) is 0 Å². The SMILES string of the molecule is COc1c2c(cc3c1[C@@H](C#CCOc1ccc(F)cc1)[N+](C)(C)CC3)OCO2. The fourth-order valence-electron chi connectivity index (χ4n) is 3.71. The molecular weight excluding hydrogens is 361 g/mol. The van der Waals surface area contributed by atoms with E-state index >= 15 is 0 Å². The van der Waals surface area contributed by atoms with Gasteiger partial charge in [-0.3, -0.25) is 0 Å². The molecule has 2 aliphatic rings. The van der Waals surface area contributed by atoms with Crippen molar-refractivity contribution in [3.63, 3.8) is 0 Å². The predicted octanol–water partition coefficient (Wildman–Crippen LogP) is 3.32. The Hall–Kier alpha value is -2.91. The molecule has 0 saturated heterocycles. The van der Waals surface area contributed by atoms with E-state index in [9.17, 15) is 4.39 Å². The molecule has 0 N–H and O–H groups in total. The molecule has 0 fully saturated rings. The van der Waals surface area contributed by atoms with E-state index in [0.717, 1.165) is 24.3 Å². The lowest BCUT2D eigenvalue weighted by Crippen LogP contribution is -2.47. The first-order chi connectivity index (χ1) is 13.5. The van der Waals surface area contributed by atoms with Crippen LogP contribution in [0.3, 0.4) is 0 Å². The number of ether oxygens (including phenoxy) is 4. The summed E-state index contributed by atoms with van der Waals surface area (Å²) in [5, 5.41) is 0. The molecule has 0 amide bonds. The Balaban J connectivity index is 1.63. The molecule has 0 spiro atoms. The summed E-state index contributed by atoms with van der Waals surface area (Å²) >= 11 is 0. The summed E-state index contributed by atoms with van der Waals surface area (Å²) in [6, 6.07) is 7.89. The standard InChI is InChI=1S/C22H23FNO4/c1-24(2)11-10-15-13-19-21(28-14-27-19)22(25-3)20(15)18(24)5-4-12-26-17-8-6-16(23)7-9-17/h6-9,13,18H,10-12,14H2,1-3H3/q+1/t18-/m1/s1. The second kappa shape index (κ2) is 7.25. The van der Waals surface area contributed by atoms with Crippen LogP contribution in [0.25, 0.3) is 0 Å². The van der Waals surface area contributed by atoms with Gasteiger partial charge in [0.05, 0.1) is 33.3 Å². The molecule has 4 rings (SSSR count).